The van der Waals surface area contributed by atoms with Crippen molar-refractivity contribution in [1.29, 1.82) is 5.26 Å². The summed E-state index contributed by atoms with van der Waals surface area (Å²) in [7, 11) is -2.05. The number of halogens is 3. The molecular formula is C25H29F3N2O4Si. The van der Waals surface area contributed by atoms with Gasteiger partial charge in [0.1, 0.15) is 11.2 Å². The fourth-order valence-corrected chi connectivity index (χ4v) is 5.65. The lowest BCUT2D eigenvalue weighted by Crippen LogP contribution is -2.41. The first-order valence-electron chi connectivity index (χ1n) is 11.3. The van der Waals surface area contributed by atoms with E-state index in [1.165, 1.54) is 12.1 Å². The van der Waals surface area contributed by atoms with Crippen LogP contribution in [0.25, 0.3) is 5.69 Å². The Morgan fingerprint density at radius 3 is 2.31 bits per heavy atom. The third-order valence-electron chi connectivity index (χ3n) is 7.53. The van der Waals surface area contributed by atoms with E-state index in [9.17, 15) is 23.4 Å². The van der Waals surface area contributed by atoms with Crippen molar-refractivity contribution in [3.8, 4) is 23.5 Å². The van der Waals surface area contributed by atoms with Crippen LogP contribution >= 0.6 is 0 Å². The Bertz CT molecular complexity index is 1270. The molecule has 0 aliphatic carbocycles. The molecule has 35 heavy (non-hydrogen) atoms. The van der Waals surface area contributed by atoms with Crippen LogP contribution in [-0.2, 0) is 26.5 Å². The van der Waals surface area contributed by atoms with Crippen molar-refractivity contribution in [1.82, 2.24) is 4.57 Å². The van der Waals surface area contributed by atoms with Gasteiger partial charge in [-0.1, -0.05) is 20.8 Å². The van der Waals surface area contributed by atoms with Crippen LogP contribution in [0, 0.1) is 11.3 Å². The third-order valence-corrected chi connectivity index (χ3v) is 12.1. The van der Waals surface area contributed by atoms with Crippen molar-refractivity contribution in [3.63, 3.8) is 0 Å². The zero-order valence-electron chi connectivity index (χ0n) is 20.5. The van der Waals surface area contributed by atoms with Gasteiger partial charge in [-0.15, -0.1) is 0 Å². The normalized spacial score (nSPS) is 23.5. The Morgan fingerprint density at radius 1 is 1.11 bits per heavy atom. The SMILES string of the molecule is CC(C)(C)[Si](C)(C)OCC[C@]12C=C[C@](C)(O1)c1c2c(O)n(-c2ccc(C#N)c(C(F)(F)F)c2)c1O. The Kier molecular flexibility index (Phi) is 5.52. The molecule has 0 fully saturated rings. The number of nitrogens with zero attached hydrogens (tertiary/aromatic N) is 2. The molecule has 2 bridgehead atoms. The highest BCUT2D eigenvalue weighted by Crippen LogP contribution is 2.62. The number of ether oxygens (including phenoxy) is 1. The molecule has 0 radical (unpaired) electrons. The van der Waals surface area contributed by atoms with Crippen LogP contribution in [0.15, 0.2) is 30.4 Å². The molecule has 0 spiro atoms. The van der Waals surface area contributed by atoms with Gasteiger partial charge in [-0.2, -0.15) is 18.4 Å². The Hall–Kier alpha value is -2.74. The molecule has 188 valence electrons. The lowest BCUT2D eigenvalue weighted by molar-refractivity contribution is -0.137. The van der Waals surface area contributed by atoms with E-state index in [-0.39, 0.29) is 10.7 Å². The highest BCUT2D eigenvalue weighted by Gasteiger charge is 2.58. The molecule has 0 unspecified atom stereocenters. The number of hydrogen-bond donors (Lipinski definition) is 2. The summed E-state index contributed by atoms with van der Waals surface area (Å²) in [6.45, 7) is 12.7. The summed E-state index contributed by atoms with van der Waals surface area (Å²) in [5, 5.41) is 31.4. The van der Waals surface area contributed by atoms with Gasteiger partial charge in [0, 0.05) is 13.0 Å². The van der Waals surface area contributed by atoms with Gasteiger partial charge in [0.2, 0.25) is 11.8 Å². The molecule has 2 aliphatic heterocycles. The number of hydrogen-bond acceptors (Lipinski definition) is 5. The van der Waals surface area contributed by atoms with Gasteiger partial charge >= 0.3 is 6.18 Å². The summed E-state index contributed by atoms with van der Waals surface area (Å²) in [4.78, 5) is 0. The van der Waals surface area contributed by atoms with Gasteiger partial charge in [-0.25, -0.2) is 0 Å². The Labute approximate surface area is 203 Å². The van der Waals surface area contributed by atoms with Gasteiger partial charge in [0.15, 0.2) is 8.32 Å². The second kappa shape index (κ2) is 7.63. The number of benzene rings is 1. The maximum Gasteiger partial charge on any atom is 0.417 e. The van der Waals surface area contributed by atoms with Gasteiger partial charge < -0.3 is 19.4 Å². The minimum atomic E-state index is -4.78. The molecular weight excluding hydrogens is 477 g/mol. The van der Waals surface area contributed by atoms with Gasteiger partial charge in [-0.3, -0.25) is 4.57 Å². The van der Waals surface area contributed by atoms with Crippen molar-refractivity contribution < 1.29 is 32.5 Å². The first-order chi connectivity index (χ1) is 16.0. The monoisotopic (exact) mass is 506 g/mol. The van der Waals surface area contributed by atoms with Gasteiger partial charge in [-0.05, 0) is 55.4 Å². The van der Waals surface area contributed by atoms with E-state index >= 15 is 0 Å². The summed E-state index contributed by atoms with van der Waals surface area (Å²) < 4.78 is 54.2. The average Bonchev–Trinajstić information content (AvgIpc) is 3.30. The van der Waals surface area contributed by atoms with Crippen LogP contribution in [-0.4, -0.2) is 29.7 Å². The van der Waals surface area contributed by atoms with E-state index in [1.54, 1.807) is 13.0 Å². The third kappa shape index (κ3) is 3.77. The summed E-state index contributed by atoms with van der Waals surface area (Å²) in [5.41, 5.74) is -3.32. The van der Waals surface area contributed by atoms with E-state index < -0.39 is 48.6 Å². The van der Waals surface area contributed by atoms with E-state index in [0.29, 0.717) is 24.2 Å². The molecule has 4 rings (SSSR count). The molecule has 2 aromatic rings. The lowest BCUT2D eigenvalue weighted by Gasteiger charge is -2.37. The molecule has 0 saturated heterocycles. The predicted octanol–water partition coefficient (Wildman–Crippen LogP) is 6.20. The Balaban J connectivity index is 1.77. The lowest BCUT2D eigenvalue weighted by atomic mass is 9.83. The Morgan fingerprint density at radius 2 is 1.74 bits per heavy atom. The van der Waals surface area contributed by atoms with E-state index in [1.807, 2.05) is 6.08 Å². The van der Waals surface area contributed by atoms with Crippen LogP contribution < -0.4 is 0 Å². The second-order valence-electron chi connectivity index (χ2n) is 10.9. The quantitative estimate of drug-likeness (QED) is 0.372. The summed E-state index contributed by atoms with van der Waals surface area (Å²) in [6.07, 6.45) is -0.824. The molecule has 1 aromatic heterocycles. The molecule has 0 amide bonds. The van der Waals surface area contributed by atoms with Crippen LogP contribution in [0.4, 0.5) is 13.2 Å². The number of alkyl halides is 3. The smallest absolute Gasteiger partial charge is 0.417 e. The molecule has 3 heterocycles. The minimum Gasteiger partial charge on any atom is -0.494 e. The van der Waals surface area contributed by atoms with Crippen LogP contribution in [0.2, 0.25) is 18.1 Å². The van der Waals surface area contributed by atoms with Gasteiger partial charge in [0.25, 0.3) is 0 Å². The maximum atomic E-state index is 13.5. The maximum absolute atomic E-state index is 13.5. The van der Waals surface area contributed by atoms with Crippen molar-refractivity contribution in [3.05, 3.63) is 52.6 Å². The molecule has 2 N–H and O–H groups in total. The van der Waals surface area contributed by atoms with Crippen molar-refractivity contribution in [2.75, 3.05) is 6.61 Å². The fraction of sp³-hybridized carbons (Fsp3) is 0.480. The predicted molar refractivity (Wildman–Crippen MR) is 126 cm³/mol. The first-order valence-corrected chi connectivity index (χ1v) is 14.2. The van der Waals surface area contributed by atoms with E-state index in [0.717, 1.165) is 16.7 Å². The summed E-state index contributed by atoms with van der Waals surface area (Å²) >= 11 is 0. The minimum absolute atomic E-state index is 0.00189. The standard InChI is InChI=1S/C25H29F3N2O4Si/c1-22(2,3)35(5,6)33-12-11-24-10-9-23(4,34-24)18-19(24)21(32)30(20(18)31)16-8-7-15(14-29)17(13-16)25(26,27)28/h7-10,13,31-32H,11-12H2,1-6H3/t23-,24-/m0/s1. The molecule has 6 nitrogen and oxygen atoms in total. The largest absolute Gasteiger partial charge is 0.494 e. The number of fused-ring (bicyclic) bond motifs is 5. The highest BCUT2D eigenvalue weighted by molar-refractivity contribution is 6.74. The zero-order chi connectivity index (χ0) is 26.2. The van der Waals surface area contributed by atoms with E-state index in [2.05, 4.69) is 33.9 Å². The summed E-state index contributed by atoms with van der Waals surface area (Å²) in [5.74, 6) is -0.815. The van der Waals surface area contributed by atoms with Crippen LogP contribution in [0.3, 0.4) is 0 Å². The number of rotatable bonds is 5. The van der Waals surface area contributed by atoms with Crippen LogP contribution in [0.5, 0.6) is 11.8 Å². The van der Waals surface area contributed by atoms with Gasteiger partial charge in [0.05, 0.1) is 34.0 Å². The number of aromatic hydroxyl groups is 2. The second-order valence-corrected chi connectivity index (χ2v) is 15.7. The van der Waals surface area contributed by atoms with Crippen molar-refractivity contribution >= 4 is 8.32 Å². The number of nitriles is 1. The molecule has 0 saturated carbocycles. The van der Waals surface area contributed by atoms with Crippen molar-refractivity contribution in [2.45, 2.75) is 69.6 Å². The zero-order valence-corrected chi connectivity index (χ0v) is 21.5. The summed E-state index contributed by atoms with van der Waals surface area (Å²) in [6, 6.07) is 4.57. The molecule has 1 aromatic carbocycles. The molecule has 10 heteroatoms. The van der Waals surface area contributed by atoms with E-state index in [4.69, 9.17) is 14.4 Å². The first kappa shape index (κ1) is 25.4. The number of aromatic nitrogens is 1. The van der Waals surface area contributed by atoms with Crippen LogP contribution in [0.1, 0.15) is 56.4 Å². The average molecular weight is 507 g/mol. The highest BCUT2D eigenvalue weighted by atomic mass is 28.4. The van der Waals surface area contributed by atoms with Crippen molar-refractivity contribution in [2.24, 2.45) is 0 Å². The molecule has 2 atom stereocenters. The fourth-order valence-electron chi connectivity index (χ4n) is 4.61. The topological polar surface area (TPSA) is 87.6 Å². The molecule has 2 aliphatic rings.